The van der Waals surface area contributed by atoms with Crippen LogP contribution in [0, 0.1) is 0 Å². The van der Waals surface area contributed by atoms with Gasteiger partial charge in [-0.1, -0.05) is 150 Å². The molecule has 1 N–H and O–H groups in total. The van der Waals surface area contributed by atoms with E-state index in [2.05, 4.69) is 80.7 Å². The largest absolute Gasteiger partial charge is 0.472 e. The lowest BCUT2D eigenvalue weighted by Gasteiger charge is -2.24. The Bertz CT molecular complexity index is 1300. The Hall–Kier alpha value is -3.07. The molecule has 0 aromatic carbocycles. The number of phosphoric acid groups is 1. The zero-order chi connectivity index (χ0) is 42.8. The summed E-state index contributed by atoms with van der Waals surface area (Å²) in [5.41, 5.74) is 0. The van der Waals surface area contributed by atoms with Gasteiger partial charge >= 0.3 is 19.8 Å². The van der Waals surface area contributed by atoms with Crippen molar-refractivity contribution in [1.29, 1.82) is 0 Å². The van der Waals surface area contributed by atoms with Gasteiger partial charge in [0.15, 0.2) is 6.10 Å². The maximum Gasteiger partial charge on any atom is 0.472 e. The van der Waals surface area contributed by atoms with Gasteiger partial charge < -0.3 is 18.9 Å². The molecule has 0 aliphatic carbocycles. The van der Waals surface area contributed by atoms with Crippen LogP contribution in [-0.4, -0.2) is 74.9 Å². The van der Waals surface area contributed by atoms with Crippen molar-refractivity contribution < 1.29 is 42.1 Å². The van der Waals surface area contributed by atoms with Crippen LogP contribution in [0.3, 0.4) is 0 Å². The van der Waals surface area contributed by atoms with Gasteiger partial charge in [-0.15, -0.1) is 0 Å². The van der Waals surface area contributed by atoms with Gasteiger partial charge in [-0.2, -0.15) is 0 Å². The van der Waals surface area contributed by atoms with Crippen LogP contribution in [0.5, 0.6) is 0 Å². The molecule has 0 saturated carbocycles. The topological polar surface area (TPSA) is 108 Å². The maximum atomic E-state index is 12.7. The molecule has 0 aromatic rings. The fourth-order valence-corrected chi connectivity index (χ4v) is 5.98. The highest BCUT2D eigenvalue weighted by atomic mass is 31.2. The minimum atomic E-state index is -4.40. The molecule has 10 heteroatoms. The van der Waals surface area contributed by atoms with Gasteiger partial charge in [0, 0.05) is 12.8 Å². The third-order valence-electron chi connectivity index (χ3n) is 8.69. The van der Waals surface area contributed by atoms with E-state index in [4.69, 9.17) is 18.5 Å². The van der Waals surface area contributed by atoms with Crippen LogP contribution in [0.1, 0.15) is 142 Å². The number of esters is 2. The number of quaternary nitrogens is 1. The summed E-state index contributed by atoms with van der Waals surface area (Å²) >= 11 is 0. The quantitative estimate of drug-likeness (QED) is 0.0164. The molecule has 0 amide bonds. The molecule has 0 aliphatic heterocycles. The Balaban J connectivity index is 4.48. The van der Waals surface area contributed by atoms with Crippen molar-refractivity contribution in [3.63, 3.8) is 0 Å². The molecule has 1 unspecified atom stereocenters. The minimum absolute atomic E-state index is 0.0151. The maximum absolute atomic E-state index is 12.7. The van der Waals surface area contributed by atoms with Crippen molar-refractivity contribution in [2.75, 3.05) is 47.5 Å². The molecule has 0 rings (SSSR count). The van der Waals surface area contributed by atoms with Crippen LogP contribution in [0.25, 0.3) is 0 Å². The molecule has 0 bridgehead atoms. The standard InChI is InChI=1S/C48H80NO8P/c1-6-8-10-12-14-16-18-20-22-23-24-25-27-28-30-32-34-36-38-40-47(50)54-44-46(45-56-58(52,53)55-43-42-49(3,4)5)57-48(51)41-39-37-35-33-31-29-26-21-19-17-15-13-11-9-7-2/h9,11,13-17,19-22,24-26,28,30,46H,6-8,10,12,18,23,27,29,31-45H2,1-5H3/p+1/b11-9+,15-13+,16-14+,19-17+,22-20+,25-24+,26-21+,30-28+/t46-/m1/s1. The zero-order valence-electron chi connectivity index (χ0n) is 37.0. The smallest absolute Gasteiger partial charge is 0.462 e. The summed E-state index contributed by atoms with van der Waals surface area (Å²) < 4.78 is 34.2. The Labute approximate surface area is 353 Å². The number of unbranched alkanes of at least 4 members (excludes halogenated alkanes) is 11. The third-order valence-corrected chi connectivity index (χ3v) is 9.68. The van der Waals surface area contributed by atoms with Crippen molar-refractivity contribution in [1.82, 2.24) is 0 Å². The molecular weight excluding hydrogens is 750 g/mol. The molecule has 58 heavy (non-hydrogen) atoms. The summed E-state index contributed by atoms with van der Waals surface area (Å²) in [5.74, 6) is -0.873. The lowest BCUT2D eigenvalue weighted by Crippen LogP contribution is -2.37. The van der Waals surface area contributed by atoms with Crippen molar-refractivity contribution >= 4 is 19.8 Å². The van der Waals surface area contributed by atoms with E-state index >= 15 is 0 Å². The van der Waals surface area contributed by atoms with Gasteiger partial charge in [-0.3, -0.25) is 18.6 Å². The highest BCUT2D eigenvalue weighted by Gasteiger charge is 2.27. The van der Waals surface area contributed by atoms with Crippen LogP contribution in [0.2, 0.25) is 0 Å². The van der Waals surface area contributed by atoms with E-state index in [9.17, 15) is 19.0 Å². The average Bonchev–Trinajstić information content (AvgIpc) is 3.17. The predicted octanol–water partition coefficient (Wildman–Crippen LogP) is 12.6. The van der Waals surface area contributed by atoms with Gasteiger partial charge in [0.1, 0.15) is 19.8 Å². The molecule has 2 atom stereocenters. The van der Waals surface area contributed by atoms with Crippen LogP contribution in [0.4, 0.5) is 0 Å². The number of likely N-dealkylation sites (N-methyl/N-ethyl adjacent to an activating group) is 1. The molecule has 0 aromatic heterocycles. The minimum Gasteiger partial charge on any atom is -0.462 e. The van der Waals surface area contributed by atoms with E-state index in [-0.39, 0.29) is 26.1 Å². The fraction of sp³-hybridized carbons (Fsp3) is 0.625. The van der Waals surface area contributed by atoms with Crippen LogP contribution >= 0.6 is 7.82 Å². The van der Waals surface area contributed by atoms with E-state index < -0.39 is 32.5 Å². The average molecular weight is 831 g/mol. The molecule has 0 spiro atoms. The lowest BCUT2D eigenvalue weighted by molar-refractivity contribution is -0.870. The number of phosphoric ester groups is 1. The van der Waals surface area contributed by atoms with Crippen LogP contribution in [-0.2, 0) is 32.7 Å². The number of hydrogen-bond acceptors (Lipinski definition) is 7. The third kappa shape index (κ3) is 42.5. The number of carbonyl (C=O) groups excluding carboxylic acids is 2. The Morgan fingerprint density at radius 1 is 0.569 bits per heavy atom. The van der Waals surface area contributed by atoms with Crippen molar-refractivity contribution in [3.05, 3.63) is 97.2 Å². The summed E-state index contributed by atoms with van der Waals surface area (Å²) in [6.45, 7) is 4.16. The molecule has 330 valence electrons. The van der Waals surface area contributed by atoms with Gasteiger partial charge in [-0.05, 0) is 77.0 Å². The second-order valence-electron chi connectivity index (χ2n) is 15.4. The van der Waals surface area contributed by atoms with E-state index in [0.29, 0.717) is 23.9 Å². The molecule has 9 nitrogen and oxygen atoms in total. The number of allylic oxidation sites excluding steroid dienone is 16. The second-order valence-corrected chi connectivity index (χ2v) is 16.9. The first-order chi connectivity index (χ1) is 28.0. The van der Waals surface area contributed by atoms with Crippen LogP contribution in [0.15, 0.2) is 97.2 Å². The van der Waals surface area contributed by atoms with Gasteiger partial charge in [0.05, 0.1) is 27.7 Å². The highest BCUT2D eigenvalue weighted by molar-refractivity contribution is 7.47. The molecular formula is C48H81NO8P+. The SMILES string of the molecule is CC/C=C/C=C/C=C/C=C/CCCCCCCC(=O)O[C@H](COC(=O)CCCCC/C=C/C/C=C/C/C=C/C/C=C/CCCCC)COP(=O)(O)OCC[N+](C)(C)C. The molecule has 0 radical (unpaired) electrons. The Morgan fingerprint density at radius 3 is 1.64 bits per heavy atom. The molecule has 0 heterocycles. The first-order valence-electron chi connectivity index (χ1n) is 22.0. The van der Waals surface area contributed by atoms with E-state index in [1.165, 1.54) is 25.7 Å². The van der Waals surface area contributed by atoms with Gasteiger partial charge in [-0.25, -0.2) is 4.57 Å². The Morgan fingerprint density at radius 2 is 1.05 bits per heavy atom. The Kier molecular flexibility index (Phi) is 37.3. The van der Waals surface area contributed by atoms with E-state index in [1.807, 2.05) is 51.5 Å². The number of nitrogens with zero attached hydrogens (tertiary/aromatic N) is 1. The highest BCUT2D eigenvalue weighted by Crippen LogP contribution is 2.43. The lowest BCUT2D eigenvalue weighted by atomic mass is 10.1. The molecule has 0 fully saturated rings. The monoisotopic (exact) mass is 831 g/mol. The summed E-state index contributed by atoms with van der Waals surface area (Å²) in [6.07, 6.45) is 51.7. The first kappa shape index (κ1) is 54.9. The summed E-state index contributed by atoms with van der Waals surface area (Å²) in [7, 11) is 1.42. The molecule has 0 aliphatic rings. The van der Waals surface area contributed by atoms with Crippen molar-refractivity contribution in [2.24, 2.45) is 0 Å². The van der Waals surface area contributed by atoms with Crippen LogP contribution < -0.4 is 0 Å². The normalized spacial score (nSPS) is 14.5. The van der Waals surface area contributed by atoms with E-state index in [1.54, 1.807) is 0 Å². The van der Waals surface area contributed by atoms with Gasteiger partial charge in [0.2, 0.25) is 0 Å². The number of hydrogen-bond donors (Lipinski definition) is 1. The molecule has 0 saturated heterocycles. The zero-order valence-corrected chi connectivity index (χ0v) is 37.9. The number of rotatable bonds is 38. The van der Waals surface area contributed by atoms with Crippen molar-refractivity contribution in [2.45, 2.75) is 148 Å². The summed E-state index contributed by atoms with van der Waals surface area (Å²) in [6, 6.07) is 0. The fourth-order valence-electron chi connectivity index (χ4n) is 5.24. The summed E-state index contributed by atoms with van der Waals surface area (Å²) in [5, 5.41) is 0. The summed E-state index contributed by atoms with van der Waals surface area (Å²) in [4.78, 5) is 35.4. The first-order valence-corrected chi connectivity index (χ1v) is 23.5. The number of carbonyl (C=O) groups is 2. The second kappa shape index (κ2) is 39.4. The van der Waals surface area contributed by atoms with Crippen molar-refractivity contribution in [3.8, 4) is 0 Å². The van der Waals surface area contributed by atoms with E-state index in [0.717, 1.165) is 77.0 Å². The number of ether oxygens (including phenoxy) is 2. The van der Waals surface area contributed by atoms with Gasteiger partial charge in [0.25, 0.3) is 0 Å². The predicted molar refractivity (Wildman–Crippen MR) is 242 cm³/mol.